The van der Waals surface area contributed by atoms with Gasteiger partial charge in [-0.2, -0.15) is 0 Å². The highest BCUT2D eigenvalue weighted by Crippen LogP contribution is 2.49. The van der Waals surface area contributed by atoms with E-state index in [1.807, 2.05) is 0 Å². The zero-order valence-electron chi connectivity index (χ0n) is 17.2. The molecule has 0 aliphatic rings. The molecule has 0 bridgehead atoms. The van der Waals surface area contributed by atoms with E-state index in [1.165, 1.54) is 24.3 Å². The molecule has 3 aromatic carbocycles. The highest BCUT2D eigenvalue weighted by Gasteiger charge is 2.31. The lowest BCUT2D eigenvalue weighted by atomic mass is 10.00. The second kappa shape index (κ2) is 8.63. The van der Waals surface area contributed by atoms with Crippen LogP contribution < -0.4 is 4.74 Å². The summed E-state index contributed by atoms with van der Waals surface area (Å²) >= 11 is 1.14. The van der Waals surface area contributed by atoms with E-state index in [2.05, 4.69) is 0 Å². The summed E-state index contributed by atoms with van der Waals surface area (Å²) in [4.78, 5) is 11.0. The van der Waals surface area contributed by atoms with Gasteiger partial charge in [-0.05, 0) is 54.1 Å². The molecule has 0 saturated carbocycles. The minimum Gasteiger partial charge on any atom is -0.508 e. The van der Waals surface area contributed by atoms with E-state index >= 15 is 0 Å². The normalized spacial score (nSPS) is 11.9. The van der Waals surface area contributed by atoms with E-state index < -0.39 is 23.3 Å². The summed E-state index contributed by atoms with van der Waals surface area (Å²) in [6.07, 6.45) is 2.43. The van der Waals surface area contributed by atoms with Crippen LogP contribution in [0.1, 0.15) is 18.1 Å². The van der Waals surface area contributed by atoms with Crippen LogP contribution in [-0.2, 0) is 10.7 Å². The van der Waals surface area contributed by atoms with Gasteiger partial charge in [0.1, 0.15) is 17.3 Å². The van der Waals surface area contributed by atoms with Gasteiger partial charge in [-0.25, -0.2) is 18.0 Å². The molecule has 4 nitrogen and oxygen atoms in total. The molecule has 0 saturated heterocycles. The molecule has 1 aromatic heterocycles. The summed E-state index contributed by atoms with van der Waals surface area (Å²) in [5, 5.41) is 19.2. The maximum Gasteiger partial charge on any atom is 0.328 e. The minimum absolute atomic E-state index is 0.0107. The summed E-state index contributed by atoms with van der Waals surface area (Å²) in [7, 11) is 0. The largest absolute Gasteiger partial charge is 0.508 e. The minimum atomic E-state index is -3.30. The molecule has 0 radical (unpaired) electrons. The van der Waals surface area contributed by atoms with Crippen LogP contribution in [0.15, 0.2) is 66.7 Å². The van der Waals surface area contributed by atoms with E-state index in [-0.39, 0.29) is 11.3 Å². The van der Waals surface area contributed by atoms with Gasteiger partial charge in [0.05, 0.1) is 4.88 Å². The van der Waals surface area contributed by atoms with Crippen molar-refractivity contribution in [2.75, 3.05) is 0 Å². The fourth-order valence-electron chi connectivity index (χ4n) is 3.35. The molecule has 4 rings (SSSR count). The molecule has 0 atom stereocenters. The first-order valence-corrected chi connectivity index (χ1v) is 10.6. The van der Waals surface area contributed by atoms with E-state index in [0.29, 0.717) is 38.9 Å². The Balaban J connectivity index is 1.84. The third-order valence-corrected chi connectivity index (χ3v) is 6.01. The third-order valence-electron chi connectivity index (χ3n) is 4.85. The number of carboxylic acid groups (broad SMARTS) is 1. The van der Waals surface area contributed by atoms with Crippen LogP contribution in [0.3, 0.4) is 0 Å². The van der Waals surface area contributed by atoms with Gasteiger partial charge in [0.25, 0.3) is 5.92 Å². The predicted molar refractivity (Wildman–Crippen MR) is 122 cm³/mol. The second-order valence-electron chi connectivity index (χ2n) is 7.36. The SMILES string of the molecule is CC(F)(F)c1cc(F)ccc1-c1sc2cc(O)ccc2c1Oc1ccc(C=CC(=O)O)cc1. The van der Waals surface area contributed by atoms with Crippen LogP contribution in [0.4, 0.5) is 13.2 Å². The van der Waals surface area contributed by atoms with Crippen LogP contribution in [0, 0.1) is 5.82 Å². The molecule has 0 unspecified atom stereocenters. The van der Waals surface area contributed by atoms with Gasteiger partial charge in [0, 0.05) is 34.2 Å². The standard InChI is InChI=1S/C25H17F3O4S/c1-25(27,28)20-12-15(26)5-9-18(20)24-23(19-10-6-16(29)13-21(19)33-24)32-17-7-2-14(3-8-17)4-11-22(30)31/h2-13,29H,1H3,(H,30,31). The summed E-state index contributed by atoms with van der Waals surface area (Å²) in [5.41, 5.74) is 0.286. The number of ether oxygens (including phenoxy) is 1. The van der Waals surface area contributed by atoms with Crippen molar-refractivity contribution >= 4 is 33.5 Å². The van der Waals surface area contributed by atoms with Crippen molar-refractivity contribution in [3.63, 3.8) is 0 Å². The highest BCUT2D eigenvalue weighted by atomic mass is 32.1. The van der Waals surface area contributed by atoms with Crippen molar-refractivity contribution < 1.29 is 32.9 Å². The number of halogens is 3. The highest BCUT2D eigenvalue weighted by molar-refractivity contribution is 7.22. The van der Waals surface area contributed by atoms with Crippen molar-refractivity contribution in [2.45, 2.75) is 12.8 Å². The second-order valence-corrected chi connectivity index (χ2v) is 8.41. The average Bonchev–Trinajstić information content (AvgIpc) is 3.09. The number of fused-ring (bicyclic) bond motifs is 1. The summed E-state index contributed by atoms with van der Waals surface area (Å²) in [6, 6.07) is 14.3. The van der Waals surface area contributed by atoms with Crippen molar-refractivity contribution in [3.8, 4) is 27.7 Å². The Labute approximate surface area is 190 Å². The molecule has 0 amide bonds. The molecule has 8 heteroatoms. The number of carbonyl (C=O) groups is 1. The summed E-state index contributed by atoms with van der Waals surface area (Å²) in [6.45, 7) is 0.703. The van der Waals surface area contributed by atoms with Gasteiger partial charge in [-0.15, -0.1) is 11.3 Å². The molecule has 168 valence electrons. The Hall–Kier alpha value is -3.78. The van der Waals surface area contributed by atoms with Gasteiger partial charge in [-0.1, -0.05) is 18.2 Å². The van der Waals surface area contributed by atoms with Gasteiger partial charge < -0.3 is 14.9 Å². The van der Waals surface area contributed by atoms with E-state index in [4.69, 9.17) is 9.84 Å². The Morgan fingerprint density at radius 3 is 2.45 bits per heavy atom. The van der Waals surface area contributed by atoms with E-state index in [0.717, 1.165) is 29.5 Å². The molecule has 4 aromatic rings. The van der Waals surface area contributed by atoms with Crippen molar-refractivity contribution in [2.24, 2.45) is 0 Å². The molecule has 0 aliphatic carbocycles. The molecule has 0 aliphatic heterocycles. The lowest BCUT2D eigenvalue weighted by Gasteiger charge is -2.16. The fraction of sp³-hybridized carbons (Fsp3) is 0.0800. The summed E-state index contributed by atoms with van der Waals surface area (Å²) in [5.74, 6) is -4.45. The number of hydrogen-bond donors (Lipinski definition) is 2. The smallest absolute Gasteiger partial charge is 0.328 e. The topological polar surface area (TPSA) is 66.8 Å². The first kappa shape index (κ1) is 22.4. The average molecular weight is 470 g/mol. The van der Waals surface area contributed by atoms with Crippen LogP contribution in [0.25, 0.3) is 26.6 Å². The lowest BCUT2D eigenvalue weighted by Crippen LogP contribution is -2.09. The number of carboxylic acids is 1. The molecular weight excluding hydrogens is 453 g/mol. The van der Waals surface area contributed by atoms with Crippen molar-refractivity contribution in [1.29, 1.82) is 0 Å². The third kappa shape index (κ3) is 4.85. The van der Waals surface area contributed by atoms with Crippen LogP contribution in [-0.4, -0.2) is 16.2 Å². The van der Waals surface area contributed by atoms with E-state index in [1.54, 1.807) is 30.3 Å². The van der Waals surface area contributed by atoms with E-state index in [9.17, 15) is 23.1 Å². The number of alkyl halides is 2. The molecule has 0 spiro atoms. The number of phenols is 1. The Morgan fingerprint density at radius 2 is 1.79 bits per heavy atom. The number of hydrogen-bond acceptors (Lipinski definition) is 4. The Morgan fingerprint density at radius 1 is 1.06 bits per heavy atom. The summed E-state index contributed by atoms with van der Waals surface area (Å²) < 4.78 is 49.2. The number of phenolic OH excluding ortho intramolecular Hbond substituents is 1. The quantitative estimate of drug-likeness (QED) is 0.288. The predicted octanol–water partition coefficient (Wildman–Crippen LogP) is 7.41. The van der Waals surface area contributed by atoms with Crippen LogP contribution in [0.2, 0.25) is 0 Å². The Bertz CT molecular complexity index is 1370. The first-order chi connectivity index (χ1) is 15.6. The van der Waals surface area contributed by atoms with Gasteiger partial charge in [-0.3, -0.25) is 0 Å². The van der Waals surface area contributed by atoms with Crippen LogP contribution >= 0.6 is 11.3 Å². The molecule has 1 heterocycles. The maximum absolute atomic E-state index is 14.3. The molecule has 33 heavy (non-hydrogen) atoms. The lowest BCUT2D eigenvalue weighted by molar-refractivity contribution is -0.131. The molecule has 2 N–H and O–H groups in total. The van der Waals surface area contributed by atoms with Gasteiger partial charge in [0.15, 0.2) is 5.75 Å². The number of thiophene rings is 1. The fourth-order valence-corrected chi connectivity index (χ4v) is 4.55. The number of aromatic hydroxyl groups is 1. The molecule has 0 fully saturated rings. The zero-order chi connectivity index (χ0) is 23.8. The zero-order valence-corrected chi connectivity index (χ0v) is 18.0. The number of benzene rings is 3. The van der Waals surface area contributed by atoms with Gasteiger partial charge in [0.2, 0.25) is 0 Å². The Kier molecular flexibility index (Phi) is 5.86. The monoisotopic (exact) mass is 470 g/mol. The van der Waals surface area contributed by atoms with Gasteiger partial charge >= 0.3 is 5.97 Å². The first-order valence-electron chi connectivity index (χ1n) is 9.74. The van der Waals surface area contributed by atoms with Crippen molar-refractivity contribution in [3.05, 3.63) is 83.7 Å². The molecular formula is C25H17F3O4S. The van der Waals surface area contributed by atoms with Crippen LogP contribution in [0.5, 0.6) is 17.2 Å². The number of aliphatic carboxylic acids is 1. The maximum atomic E-state index is 14.3. The number of rotatable bonds is 6. The van der Waals surface area contributed by atoms with Crippen molar-refractivity contribution in [1.82, 2.24) is 0 Å².